The van der Waals surface area contributed by atoms with Crippen LogP contribution in [0.15, 0.2) is 0 Å². The molecule has 8 nitrogen and oxygen atoms in total. The third-order valence-corrected chi connectivity index (χ3v) is 9.32. The van der Waals surface area contributed by atoms with Gasteiger partial charge in [-0.05, 0) is 12.8 Å². The number of carbonyl (C=O) groups excluding carboxylic acids is 2. The lowest BCUT2D eigenvalue weighted by molar-refractivity contribution is -0.161. The molecule has 4 N–H and O–H groups in total. The summed E-state index contributed by atoms with van der Waals surface area (Å²) in [5.74, 6) is -0.575. The van der Waals surface area contributed by atoms with Crippen molar-refractivity contribution in [1.29, 1.82) is 0 Å². The standard InChI is InChI=1S/C39H76O5.C3H8O3/c1-3-5-7-9-11-13-15-17-19-21-23-25-27-29-31-33-38(41)43-36-37(35-40)44-39(42)34-32-30-28-26-24-22-20-18-16-14-12-10-8-6-4-2;4-1-3(6)2-5/h37,40H,3-36H2,1-2H3;3-6H,1-2H2. The Balaban J connectivity index is 0. The molecule has 0 aliphatic rings. The van der Waals surface area contributed by atoms with Gasteiger partial charge in [0.05, 0.1) is 19.8 Å². The molecule has 0 aromatic rings. The van der Waals surface area contributed by atoms with Gasteiger partial charge < -0.3 is 29.9 Å². The first-order valence-corrected chi connectivity index (χ1v) is 21.3. The summed E-state index contributed by atoms with van der Waals surface area (Å²) >= 11 is 0. The van der Waals surface area contributed by atoms with E-state index in [1.54, 1.807) is 0 Å². The van der Waals surface area contributed by atoms with E-state index in [0.29, 0.717) is 12.8 Å². The fourth-order valence-corrected chi connectivity index (χ4v) is 5.97. The fraction of sp³-hybridized carbons (Fsp3) is 0.952. The number of unbranched alkanes of at least 4 members (excludes halogenated alkanes) is 28. The molecule has 0 bridgehead atoms. The number of esters is 2. The largest absolute Gasteiger partial charge is 0.462 e. The van der Waals surface area contributed by atoms with Gasteiger partial charge in [0.1, 0.15) is 12.7 Å². The van der Waals surface area contributed by atoms with E-state index in [9.17, 15) is 14.7 Å². The van der Waals surface area contributed by atoms with E-state index in [4.69, 9.17) is 24.8 Å². The van der Waals surface area contributed by atoms with Crippen LogP contribution in [0.5, 0.6) is 0 Å². The monoisotopic (exact) mass is 717 g/mol. The smallest absolute Gasteiger partial charge is 0.306 e. The molecule has 0 aromatic heterocycles. The summed E-state index contributed by atoms with van der Waals surface area (Å²) in [7, 11) is 0. The summed E-state index contributed by atoms with van der Waals surface area (Å²) in [4.78, 5) is 24.2. The quantitative estimate of drug-likeness (QED) is 0.0366. The average molecular weight is 717 g/mol. The summed E-state index contributed by atoms with van der Waals surface area (Å²) in [6.45, 7) is 3.43. The number of carbonyl (C=O) groups is 2. The van der Waals surface area contributed by atoms with E-state index in [2.05, 4.69) is 13.8 Å². The minimum absolute atomic E-state index is 0.0569. The van der Waals surface area contributed by atoms with E-state index in [0.717, 1.165) is 32.1 Å². The summed E-state index contributed by atoms with van der Waals surface area (Å²) < 4.78 is 10.6. The molecule has 0 aliphatic carbocycles. The molecule has 300 valence electrons. The lowest BCUT2D eigenvalue weighted by Crippen LogP contribution is -2.28. The third kappa shape index (κ3) is 42.9. The average Bonchev–Trinajstić information content (AvgIpc) is 3.13. The molecular formula is C42H84O8. The Morgan fingerprint density at radius 2 is 0.700 bits per heavy atom. The molecule has 0 aliphatic heterocycles. The molecule has 0 amide bonds. The highest BCUT2D eigenvalue weighted by Gasteiger charge is 2.16. The van der Waals surface area contributed by atoms with Crippen LogP contribution in [-0.4, -0.2) is 71.0 Å². The zero-order valence-corrected chi connectivity index (χ0v) is 33.0. The number of rotatable bonds is 38. The van der Waals surface area contributed by atoms with Crippen molar-refractivity contribution in [1.82, 2.24) is 0 Å². The van der Waals surface area contributed by atoms with Crippen molar-refractivity contribution in [3.8, 4) is 0 Å². The molecule has 0 radical (unpaired) electrons. The highest BCUT2D eigenvalue weighted by molar-refractivity contribution is 5.70. The van der Waals surface area contributed by atoms with Gasteiger partial charge in [-0.1, -0.05) is 194 Å². The van der Waals surface area contributed by atoms with Crippen LogP contribution < -0.4 is 0 Å². The first-order valence-electron chi connectivity index (χ1n) is 21.3. The van der Waals surface area contributed by atoms with Gasteiger partial charge in [0.2, 0.25) is 0 Å². The summed E-state index contributed by atoms with van der Waals surface area (Å²) in [6.07, 6.45) is 37.8. The van der Waals surface area contributed by atoms with Crippen molar-refractivity contribution >= 4 is 11.9 Å². The second-order valence-corrected chi connectivity index (χ2v) is 14.4. The summed E-state index contributed by atoms with van der Waals surface area (Å²) in [5, 5.41) is 33.6. The molecule has 0 rings (SSSR count). The summed E-state index contributed by atoms with van der Waals surface area (Å²) in [6, 6.07) is 0. The van der Waals surface area contributed by atoms with Crippen LogP contribution in [-0.2, 0) is 19.1 Å². The molecule has 1 atom stereocenters. The summed E-state index contributed by atoms with van der Waals surface area (Å²) in [5.41, 5.74) is 0. The molecule has 0 aromatic carbocycles. The Hall–Kier alpha value is -1.22. The van der Waals surface area contributed by atoms with Crippen LogP contribution in [0.1, 0.15) is 219 Å². The number of hydrogen-bond donors (Lipinski definition) is 4. The van der Waals surface area contributed by atoms with Gasteiger partial charge in [0.15, 0.2) is 6.10 Å². The first kappa shape index (κ1) is 50.9. The molecule has 0 saturated carbocycles. The van der Waals surface area contributed by atoms with Gasteiger partial charge in [-0.3, -0.25) is 9.59 Å². The van der Waals surface area contributed by atoms with Gasteiger partial charge in [-0.15, -0.1) is 0 Å². The van der Waals surface area contributed by atoms with Gasteiger partial charge in [-0.25, -0.2) is 0 Å². The van der Waals surface area contributed by atoms with Gasteiger partial charge in [0.25, 0.3) is 0 Å². The normalized spacial score (nSPS) is 11.7. The number of ether oxygens (including phenoxy) is 2. The number of aliphatic hydroxyl groups is 4. The topological polar surface area (TPSA) is 134 Å². The molecule has 1 unspecified atom stereocenters. The maximum Gasteiger partial charge on any atom is 0.306 e. The van der Waals surface area contributed by atoms with Crippen molar-refractivity contribution < 1.29 is 39.5 Å². The van der Waals surface area contributed by atoms with Crippen LogP contribution in [0.25, 0.3) is 0 Å². The molecule has 0 heterocycles. The molecule has 0 fully saturated rings. The van der Waals surface area contributed by atoms with E-state index < -0.39 is 12.2 Å². The van der Waals surface area contributed by atoms with E-state index in [-0.39, 0.29) is 38.4 Å². The van der Waals surface area contributed by atoms with E-state index >= 15 is 0 Å². The lowest BCUT2D eigenvalue weighted by atomic mass is 10.0. The van der Waals surface area contributed by atoms with Gasteiger partial charge >= 0.3 is 11.9 Å². The number of aliphatic hydroxyl groups excluding tert-OH is 4. The maximum atomic E-state index is 12.1. The van der Waals surface area contributed by atoms with Crippen LogP contribution in [0.4, 0.5) is 0 Å². The Kier molecular flexibility index (Phi) is 44.7. The predicted octanol–water partition coefficient (Wildman–Crippen LogP) is 10.3. The Labute approximate surface area is 308 Å². The highest BCUT2D eigenvalue weighted by atomic mass is 16.6. The highest BCUT2D eigenvalue weighted by Crippen LogP contribution is 2.15. The SMILES string of the molecule is CCCCCCCCCCCCCCCCCC(=O)OCC(CO)OC(=O)CCCCCCCCCCCCCCCCC.OCC(O)CO. The van der Waals surface area contributed by atoms with Crippen LogP contribution in [0.2, 0.25) is 0 Å². The van der Waals surface area contributed by atoms with Crippen molar-refractivity contribution in [2.45, 2.75) is 232 Å². The molecular weight excluding hydrogens is 632 g/mol. The second kappa shape index (κ2) is 43.9. The predicted molar refractivity (Wildman–Crippen MR) is 207 cm³/mol. The molecule has 50 heavy (non-hydrogen) atoms. The Morgan fingerprint density at radius 3 is 0.960 bits per heavy atom. The Bertz CT molecular complexity index is 670. The van der Waals surface area contributed by atoms with Gasteiger partial charge in [0, 0.05) is 12.8 Å². The van der Waals surface area contributed by atoms with Crippen molar-refractivity contribution in [3.05, 3.63) is 0 Å². The van der Waals surface area contributed by atoms with Crippen molar-refractivity contribution in [2.75, 3.05) is 26.4 Å². The molecule has 8 heteroatoms. The minimum Gasteiger partial charge on any atom is -0.462 e. The molecule has 0 spiro atoms. The fourth-order valence-electron chi connectivity index (χ4n) is 5.97. The molecule has 0 saturated heterocycles. The number of hydrogen-bond acceptors (Lipinski definition) is 8. The van der Waals surface area contributed by atoms with E-state index in [1.165, 1.54) is 161 Å². The van der Waals surface area contributed by atoms with Crippen molar-refractivity contribution in [3.63, 3.8) is 0 Å². The van der Waals surface area contributed by atoms with Crippen LogP contribution in [0.3, 0.4) is 0 Å². The Morgan fingerprint density at radius 1 is 0.420 bits per heavy atom. The van der Waals surface area contributed by atoms with Crippen LogP contribution >= 0.6 is 0 Å². The van der Waals surface area contributed by atoms with Gasteiger partial charge in [-0.2, -0.15) is 0 Å². The maximum absolute atomic E-state index is 12.1. The zero-order valence-electron chi connectivity index (χ0n) is 33.0. The zero-order chi connectivity index (χ0) is 37.2. The third-order valence-electron chi connectivity index (χ3n) is 9.32. The first-order chi connectivity index (χ1) is 24.4. The second-order valence-electron chi connectivity index (χ2n) is 14.4. The lowest BCUT2D eigenvalue weighted by Gasteiger charge is -2.15. The van der Waals surface area contributed by atoms with Crippen LogP contribution in [0, 0.1) is 0 Å². The minimum atomic E-state index is -0.954. The van der Waals surface area contributed by atoms with Crippen molar-refractivity contribution in [2.24, 2.45) is 0 Å². The van der Waals surface area contributed by atoms with E-state index in [1.807, 2.05) is 0 Å².